The second-order valence-corrected chi connectivity index (χ2v) is 5.40. The Morgan fingerprint density at radius 3 is 2.24 bits per heavy atom. The third kappa shape index (κ3) is 3.39. The van der Waals surface area contributed by atoms with Gasteiger partial charge >= 0.3 is 0 Å². The molecule has 2 aromatic carbocycles. The van der Waals surface area contributed by atoms with E-state index >= 15 is 0 Å². The van der Waals surface area contributed by atoms with Crippen molar-refractivity contribution in [3.05, 3.63) is 65.2 Å². The highest BCUT2D eigenvalue weighted by atomic mass is 19.1. The number of hydrogen-bond donors (Lipinski definition) is 1. The van der Waals surface area contributed by atoms with Gasteiger partial charge in [-0.2, -0.15) is 0 Å². The molecule has 1 saturated carbocycles. The lowest BCUT2D eigenvalue weighted by atomic mass is 9.99. The number of ether oxygens (including phenoxy) is 1. The van der Waals surface area contributed by atoms with Crippen molar-refractivity contribution >= 4 is 0 Å². The molecule has 0 amide bonds. The average Bonchev–Trinajstić information content (AvgIpc) is 3.28. The lowest BCUT2D eigenvalue weighted by Gasteiger charge is -2.14. The van der Waals surface area contributed by atoms with E-state index in [0.29, 0.717) is 6.10 Å². The summed E-state index contributed by atoms with van der Waals surface area (Å²) in [6.45, 7) is 0. The molecule has 2 aromatic rings. The summed E-state index contributed by atoms with van der Waals surface area (Å²) in [6, 6.07) is 10.8. The smallest absolute Gasteiger partial charge is 0.129 e. The summed E-state index contributed by atoms with van der Waals surface area (Å²) in [5.74, 6) is -0.302. The van der Waals surface area contributed by atoms with Gasteiger partial charge in [0.1, 0.15) is 17.4 Å². The molecule has 2 nitrogen and oxygen atoms in total. The summed E-state index contributed by atoms with van der Waals surface area (Å²) in [7, 11) is 0. The second kappa shape index (κ2) is 5.82. The molecule has 3 rings (SSSR count). The van der Waals surface area contributed by atoms with Gasteiger partial charge in [-0.05, 0) is 49.1 Å². The first-order valence-electron chi connectivity index (χ1n) is 7.08. The highest BCUT2D eigenvalue weighted by Gasteiger charge is 2.23. The molecule has 0 spiro atoms. The van der Waals surface area contributed by atoms with E-state index in [1.807, 2.05) is 24.3 Å². The van der Waals surface area contributed by atoms with Crippen LogP contribution in [-0.2, 0) is 6.42 Å². The van der Waals surface area contributed by atoms with Gasteiger partial charge in [-0.3, -0.25) is 0 Å². The standard InChI is InChI=1S/C17H17F2NO/c18-15-2-1-3-16(19)14(15)10-17(20)11-4-6-12(7-5-11)21-13-8-9-13/h1-7,13,17H,8-10,20H2. The fourth-order valence-corrected chi connectivity index (χ4v) is 2.24. The number of benzene rings is 2. The SMILES string of the molecule is NC(Cc1c(F)cccc1F)c1ccc(OC2CC2)cc1. The fraction of sp³-hybridized carbons (Fsp3) is 0.294. The lowest BCUT2D eigenvalue weighted by Crippen LogP contribution is -2.15. The minimum Gasteiger partial charge on any atom is -0.490 e. The summed E-state index contributed by atoms with van der Waals surface area (Å²) in [5, 5.41) is 0. The van der Waals surface area contributed by atoms with E-state index in [-0.39, 0.29) is 12.0 Å². The molecule has 0 heterocycles. The molecule has 110 valence electrons. The first-order chi connectivity index (χ1) is 10.1. The fourth-order valence-electron chi connectivity index (χ4n) is 2.24. The largest absolute Gasteiger partial charge is 0.490 e. The van der Waals surface area contributed by atoms with Crippen molar-refractivity contribution in [3.8, 4) is 5.75 Å². The monoisotopic (exact) mass is 289 g/mol. The van der Waals surface area contributed by atoms with Crippen molar-refractivity contribution in [1.29, 1.82) is 0 Å². The van der Waals surface area contributed by atoms with Gasteiger partial charge in [0.05, 0.1) is 6.10 Å². The van der Waals surface area contributed by atoms with Crippen LogP contribution in [-0.4, -0.2) is 6.10 Å². The predicted octanol–water partition coefficient (Wildman–Crippen LogP) is 3.75. The van der Waals surface area contributed by atoms with Crippen LogP contribution in [0.4, 0.5) is 8.78 Å². The summed E-state index contributed by atoms with van der Waals surface area (Å²) in [4.78, 5) is 0. The molecule has 4 heteroatoms. The zero-order valence-corrected chi connectivity index (χ0v) is 11.6. The number of halogens is 2. The molecule has 0 aromatic heterocycles. The van der Waals surface area contributed by atoms with Crippen LogP contribution in [0.15, 0.2) is 42.5 Å². The molecule has 1 aliphatic rings. The third-order valence-electron chi connectivity index (χ3n) is 3.62. The molecule has 1 unspecified atom stereocenters. The van der Waals surface area contributed by atoms with Gasteiger partial charge in [0.2, 0.25) is 0 Å². The van der Waals surface area contributed by atoms with Gasteiger partial charge in [0.25, 0.3) is 0 Å². The maximum Gasteiger partial charge on any atom is 0.129 e. The van der Waals surface area contributed by atoms with Gasteiger partial charge < -0.3 is 10.5 Å². The molecular weight excluding hydrogens is 272 g/mol. The van der Waals surface area contributed by atoms with Crippen LogP contribution in [0.2, 0.25) is 0 Å². The van der Waals surface area contributed by atoms with Crippen LogP contribution < -0.4 is 10.5 Å². The van der Waals surface area contributed by atoms with Gasteiger partial charge in [-0.25, -0.2) is 8.78 Å². The Morgan fingerprint density at radius 2 is 1.67 bits per heavy atom. The topological polar surface area (TPSA) is 35.2 Å². The first-order valence-corrected chi connectivity index (χ1v) is 7.08. The van der Waals surface area contributed by atoms with E-state index in [2.05, 4.69) is 0 Å². The van der Waals surface area contributed by atoms with E-state index in [4.69, 9.17) is 10.5 Å². The maximum atomic E-state index is 13.6. The number of rotatable bonds is 5. The van der Waals surface area contributed by atoms with Crippen LogP contribution in [0.5, 0.6) is 5.75 Å². The molecular formula is C17H17F2NO. The van der Waals surface area contributed by atoms with E-state index in [0.717, 1.165) is 24.2 Å². The molecule has 1 fully saturated rings. The van der Waals surface area contributed by atoms with Crippen LogP contribution >= 0.6 is 0 Å². The molecule has 0 radical (unpaired) electrons. The average molecular weight is 289 g/mol. The van der Waals surface area contributed by atoms with Crippen molar-refractivity contribution in [2.24, 2.45) is 5.73 Å². The lowest BCUT2D eigenvalue weighted by molar-refractivity contribution is 0.303. The Hall–Kier alpha value is -1.94. The molecule has 1 atom stereocenters. The van der Waals surface area contributed by atoms with Gasteiger partial charge in [-0.1, -0.05) is 18.2 Å². The molecule has 0 bridgehead atoms. The molecule has 2 N–H and O–H groups in total. The third-order valence-corrected chi connectivity index (χ3v) is 3.62. The Bertz CT molecular complexity index is 603. The van der Waals surface area contributed by atoms with E-state index < -0.39 is 17.7 Å². The molecule has 0 aliphatic heterocycles. The second-order valence-electron chi connectivity index (χ2n) is 5.40. The van der Waals surface area contributed by atoms with Crippen LogP contribution in [0.1, 0.15) is 30.0 Å². The summed E-state index contributed by atoms with van der Waals surface area (Å²) in [5.41, 5.74) is 6.92. The molecule has 21 heavy (non-hydrogen) atoms. The van der Waals surface area contributed by atoms with Crippen molar-refractivity contribution in [3.63, 3.8) is 0 Å². The Kier molecular flexibility index (Phi) is 3.88. The molecule has 0 saturated heterocycles. The van der Waals surface area contributed by atoms with Crippen molar-refractivity contribution in [2.45, 2.75) is 31.4 Å². The van der Waals surface area contributed by atoms with Gasteiger partial charge in [0, 0.05) is 11.6 Å². The molecule has 1 aliphatic carbocycles. The van der Waals surface area contributed by atoms with E-state index in [1.54, 1.807) is 0 Å². The van der Waals surface area contributed by atoms with Crippen LogP contribution in [0, 0.1) is 11.6 Å². The first kappa shape index (κ1) is 14.0. The van der Waals surface area contributed by atoms with Gasteiger partial charge in [-0.15, -0.1) is 0 Å². The minimum atomic E-state index is -0.556. The van der Waals surface area contributed by atoms with Crippen molar-refractivity contribution in [1.82, 2.24) is 0 Å². The zero-order valence-electron chi connectivity index (χ0n) is 11.6. The highest BCUT2D eigenvalue weighted by Crippen LogP contribution is 2.28. The van der Waals surface area contributed by atoms with Gasteiger partial charge in [0.15, 0.2) is 0 Å². The number of hydrogen-bond acceptors (Lipinski definition) is 2. The van der Waals surface area contributed by atoms with Crippen molar-refractivity contribution < 1.29 is 13.5 Å². The van der Waals surface area contributed by atoms with Crippen LogP contribution in [0.3, 0.4) is 0 Å². The Morgan fingerprint density at radius 1 is 1.05 bits per heavy atom. The predicted molar refractivity (Wildman–Crippen MR) is 77.1 cm³/mol. The summed E-state index contributed by atoms with van der Waals surface area (Å²) < 4.78 is 32.9. The minimum absolute atomic E-state index is 0.0308. The Labute approximate surface area is 122 Å². The van der Waals surface area contributed by atoms with Crippen molar-refractivity contribution in [2.75, 3.05) is 0 Å². The van der Waals surface area contributed by atoms with E-state index in [1.165, 1.54) is 18.2 Å². The quantitative estimate of drug-likeness (QED) is 0.910. The highest BCUT2D eigenvalue weighted by molar-refractivity contribution is 5.31. The summed E-state index contributed by atoms with van der Waals surface area (Å²) >= 11 is 0. The zero-order chi connectivity index (χ0) is 14.8. The number of nitrogens with two attached hydrogens (primary N) is 1. The normalized spacial score (nSPS) is 15.8. The maximum absolute atomic E-state index is 13.6. The Balaban J connectivity index is 1.70. The van der Waals surface area contributed by atoms with Crippen LogP contribution in [0.25, 0.3) is 0 Å². The van der Waals surface area contributed by atoms with E-state index in [9.17, 15) is 8.78 Å². The summed E-state index contributed by atoms with van der Waals surface area (Å²) in [6.07, 6.45) is 2.68.